The van der Waals surface area contributed by atoms with E-state index in [0.29, 0.717) is 6.61 Å². The molecule has 0 bridgehead atoms. The van der Waals surface area contributed by atoms with Crippen LogP contribution in [0.4, 0.5) is 0 Å². The van der Waals surface area contributed by atoms with E-state index in [1.807, 2.05) is 48.5 Å². The molecule has 3 rings (SSSR count). The highest BCUT2D eigenvalue weighted by atomic mass is 35.5. The van der Waals surface area contributed by atoms with Crippen LogP contribution in [0.25, 0.3) is 0 Å². The van der Waals surface area contributed by atoms with E-state index in [-0.39, 0.29) is 5.60 Å². The van der Waals surface area contributed by atoms with E-state index in [4.69, 9.17) is 32.7 Å². The number of ether oxygens (including phenoxy) is 2. The highest BCUT2D eigenvalue weighted by Gasteiger charge is 2.35. The van der Waals surface area contributed by atoms with Crippen LogP contribution in [-0.4, -0.2) is 36.7 Å². The van der Waals surface area contributed by atoms with E-state index in [0.717, 1.165) is 47.6 Å². The minimum Gasteiger partial charge on any atom is -0.492 e. The van der Waals surface area contributed by atoms with E-state index >= 15 is 0 Å². The van der Waals surface area contributed by atoms with Gasteiger partial charge < -0.3 is 9.47 Å². The lowest BCUT2D eigenvalue weighted by molar-refractivity contribution is 0.0935. The highest BCUT2D eigenvalue weighted by molar-refractivity contribution is 6.30. The maximum absolute atomic E-state index is 6.17. The van der Waals surface area contributed by atoms with E-state index in [1.54, 1.807) is 0 Å². The molecule has 2 aromatic rings. The normalized spacial score (nSPS) is 21.0. The minimum atomic E-state index is -0.173. The molecule has 0 aliphatic carbocycles. The van der Waals surface area contributed by atoms with Gasteiger partial charge in [0.15, 0.2) is 0 Å². The minimum absolute atomic E-state index is 0.173. The Morgan fingerprint density at radius 3 is 2.17 bits per heavy atom. The van der Waals surface area contributed by atoms with E-state index in [1.165, 1.54) is 0 Å². The first kappa shape index (κ1) is 17.4. The molecule has 0 saturated carbocycles. The van der Waals surface area contributed by atoms with Crippen LogP contribution < -0.4 is 9.47 Å². The number of rotatable bonds is 6. The van der Waals surface area contributed by atoms with Gasteiger partial charge in [-0.05, 0) is 55.5 Å². The Morgan fingerprint density at radius 2 is 1.54 bits per heavy atom. The third kappa shape index (κ3) is 4.79. The van der Waals surface area contributed by atoms with Crippen molar-refractivity contribution in [3.05, 3.63) is 58.6 Å². The highest BCUT2D eigenvalue weighted by Crippen LogP contribution is 2.28. The molecular formula is C19H21Cl2NO2. The fourth-order valence-electron chi connectivity index (χ4n) is 2.91. The van der Waals surface area contributed by atoms with Crippen molar-refractivity contribution in [2.45, 2.75) is 18.9 Å². The first-order valence-electron chi connectivity index (χ1n) is 8.08. The molecular weight excluding hydrogens is 345 g/mol. The molecule has 1 fully saturated rings. The first-order valence-corrected chi connectivity index (χ1v) is 8.83. The lowest BCUT2D eigenvalue weighted by Crippen LogP contribution is -2.37. The van der Waals surface area contributed by atoms with Crippen LogP contribution in [0.3, 0.4) is 0 Å². The molecule has 1 aliphatic rings. The average Bonchev–Trinajstić information content (AvgIpc) is 2.93. The van der Waals surface area contributed by atoms with Gasteiger partial charge in [-0.3, -0.25) is 4.90 Å². The van der Waals surface area contributed by atoms with Crippen molar-refractivity contribution in [2.24, 2.45) is 0 Å². The third-order valence-electron chi connectivity index (χ3n) is 4.18. The Kier molecular flexibility index (Phi) is 5.54. The molecule has 0 aromatic heterocycles. The van der Waals surface area contributed by atoms with Crippen LogP contribution in [0.15, 0.2) is 48.5 Å². The maximum atomic E-state index is 6.17. The second-order valence-electron chi connectivity index (χ2n) is 6.33. The molecule has 1 heterocycles. The lowest BCUT2D eigenvalue weighted by atomic mass is 10.1. The van der Waals surface area contributed by atoms with E-state index in [9.17, 15) is 0 Å². The Labute approximate surface area is 153 Å². The summed E-state index contributed by atoms with van der Waals surface area (Å²) in [5.41, 5.74) is -0.173. The van der Waals surface area contributed by atoms with Crippen LogP contribution in [-0.2, 0) is 0 Å². The second kappa shape index (κ2) is 7.64. The lowest BCUT2D eigenvalue weighted by Gasteiger charge is -2.26. The standard InChI is InChI=1S/C19H21Cl2NO2/c1-19(24-18-8-4-16(21)5-9-18)10-11-22(14-19)12-13-23-17-6-2-15(20)3-7-17/h2-9H,10-14H2,1H3. The summed E-state index contributed by atoms with van der Waals surface area (Å²) in [6, 6.07) is 15.0. The molecule has 128 valence electrons. The maximum Gasteiger partial charge on any atom is 0.120 e. The molecule has 5 heteroatoms. The predicted octanol–water partition coefficient (Wildman–Crippen LogP) is 4.92. The zero-order chi connectivity index (χ0) is 17.0. The summed E-state index contributed by atoms with van der Waals surface area (Å²) in [4.78, 5) is 2.37. The zero-order valence-corrected chi connectivity index (χ0v) is 15.2. The zero-order valence-electron chi connectivity index (χ0n) is 13.7. The van der Waals surface area contributed by atoms with Crippen molar-refractivity contribution in [1.29, 1.82) is 0 Å². The molecule has 0 radical (unpaired) electrons. The second-order valence-corrected chi connectivity index (χ2v) is 7.21. The molecule has 1 atom stereocenters. The summed E-state index contributed by atoms with van der Waals surface area (Å²) < 4.78 is 11.9. The average molecular weight is 366 g/mol. The van der Waals surface area contributed by atoms with Gasteiger partial charge in [0.1, 0.15) is 23.7 Å². The van der Waals surface area contributed by atoms with Gasteiger partial charge in [-0.1, -0.05) is 23.2 Å². The van der Waals surface area contributed by atoms with Gasteiger partial charge in [0.25, 0.3) is 0 Å². The summed E-state index contributed by atoms with van der Waals surface area (Å²) >= 11 is 11.8. The van der Waals surface area contributed by atoms with Crippen molar-refractivity contribution in [1.82, 2.24) is 4.90 Å². The number of hydrogen-bond donors (Lipinski definition) is 0. The van der Waals surface area contributed by atoms with Gasteiger partial charge in [-0.2, -0.15) is 0 Å². The summed E-state index contributed by atoms with van der Waals surface area (Å²) in [5, 5.41) is 1.44. The van der Waals surface area contributed by atoms with Gasteiger partial charge in [0.2, 0.25) is 0 Å². The molecule has 2 aromatic carbocycles. The first-order chi connectivity index (χ1) is 11.5. The molecule has 3 nitrogen and oxygen atoms in total. The third-order valence-corrected chi connectivity index (χ3v) is 4.69. The predicted molar refractivity (Wildman–Crippen MR) is 98.5 cm³/mol. The van der Waals surface area contributed by atoms with Crippen molar-refractivity contribution >= 4 is 23.2 Å². The number of hydrogen-bond acceptors (Lipinski definition) is 3. The van der Waals surface area contributed by atoms with Crippen LogP contribution >= 0.6 is 23.2 Å². The van der Waals surface area contributed by atoms with Crippen LogP contribution in [0, 0.1) is 0 Å². The van der Waals surface area contributed by atoms with Crippen LogP contribution in [0.1, 0.15) is 13.3 Å². The molecule has 0 amide bonds. The molecule has 1 unspecified atom stereocenters. The largest absolute Gasteiger partial charge is 0.492 e. The fourth-order valence-corrected chi connectivity index (χ4v) is 3.16. The number of benzene rings is 2. The van der Waals surface area contributed by atoms with Crippen molar-refractivity contribution in [2.75, 3.05) is 26.2 Å². The molecule has 1 saturated heterocycles. The Hall–Kier alpha value is -1.42. The molecule has 0 spiro atoms. The Bertz CT molecular complexity index is 660. The van der Waals surface area contributed by atoms with Gasteiger partial charge >= 0.3 is 0 Å². The smallest absolute Gasteiger partial charge is 0.120 e. The van der Waals surface area contributed by atoms with Gasteiger partial charge in [0.05, 0.1) is 0 Å². The topological polar surface area (TPSA) is 21.7 Å². The van der Waals surface area contributed by atoms with Crippen LogP contribution in [0.2, 0.25) is 10.0 Å². The summed E-state index contributed by atoms with van der Waals surface area (Å²) in [5.74, 6) is 1.71. The number of halogens is 2. The fraction of sp³-hybridized carbons (Fsp3) is 0.368. The molecule has 0 N–H and O–H groups in total. The summed E-state index contributed by atoms with van der Waals surface area (Å²) in [6.07, 6.45) is 0.997. The van der Waals surface area contributed by atoms with E-state index in [2.05, 4.69) is 11.8 Å². The SMILES string of the molecule is CC1(Oc2ccc(Cl)cc2)CCN(CCOc2ccc(Cl)cc2)C1. The molecule has 1 aliphatic heterocycles. The Morgan fingerprint density at radius 1 is 0.958 bits per heavy atom. The Balaban J connectivity index is 1.46. The van der Waals surface area contributed by atoms with Crippen molar-refractivity contribution < 1.29 is 9.47 Å². The molecule has 24 heavy (non-hydrogen) atoms. The van der Waals surface area contributed by atoms with Gasteiger partial charge in [-0.25, -0.2) is 0 Å². The van der Waals surface area contributed by atoms with Crippen molar-refractivity contribution in [3.8, 4) is 11.5 Å². The summed E-state index contributed by atoms with van der Waals surface area (Å²) in [7, 11) is 0. The van der Waals surface area contributed by atoms with Gasteiger partial charge in [-0.15, -0.1) is 0 Å². The number of likely N-dealkylation sites (tertiary alicyclic amines) is 1. The van der Waals surface area contributed by atoms with Crippen molar-refractivity contribution in [3.63, 3.8) is 0 Å². The number of nitrogens with zero attached hydrogens (tertiary/aromatic N) is 1. The quantitative estimate of drug-likeness (QED) is 0.725. The van der Waals surface area contributed by atoms with Gasteiger partial charge in [0, 0.05) is 36.1 Å². The van der Waals surface area contributed by atoms with E-state index < -0.39 is 0 Å². The summed E-state index contributed by atoms with van der Waals surface area (Å²) in [6.45, 7) is 5.58. The van der Waals surface area contributed by atoms with Crippen LogP contribution in [0.5, 0.6) is 11.5 Å². The monoisotopic (exact) mass is 365 g/mol.